The van der Waals surface area contributed by atoms with Gasteiger partial charge in [0, 0.05) is 6.04 Å². The van der Waals surface area contributed by atoms with Crippen LogP contribution in [0.2, 0.25) is 5.02 Å². The maximum atomic E-state index is 6.44. The molecule has 19 heavy (non-hydrogen) atoms. The van der Waals surface area contributed by atoms with Crippen molar-refractivity contribution < 1.29 is 9.47 Å². The minimum absolute atomic E-state index is 0.568. The maximum Gasteiger partial charge on any atom is 0.179 e. The van der Waals surface area contributed by atoms with Crippen molar-refractivity contribution in [1.82, 2.24) is 5.32 Å². The molecule has 2 aliphatic rings. The Morgan fingerprint density at radius 3 is 2.68 bits per heavy atom. The van der Waals surface area contributed by atoms with Crippen LogP contribution >= 0.6 is 11.6 Å². The SMILES string of the molecule is COc1ccc(C2CC2CNC2CC2)c(Cl)c1OC. The van der Waals surface area contributed by atoms with Crippen LogP contribution in [0.4, 0.5) is 0 Å². The largest absolute Gasteiger partial charge is 0.493 e. The second-order valence-electron chi connectivity index (χ2n) is 5.49. The first-order chi connectivity index (χ1) is 9.24. The standard InChI is InChI=1S/C15H20ClNO2/c1-18-13-6-5-11(14(16)15(13)19-2)12-7-9(12)8-17-10-3-4-10/h5-6,9-10,12,17H,3-4,7-8H2,1-2H3. The van der Waals surface area contributed by atoms with E-state index in [9.17, 15) is 0 Å². The molecule has 1 N–H and O–H groups in total. The number of rotatable bonds is 6. The highest BCUT2D eigenvalue weighted by Gasteiger charge is 2.40. The molecule has 1 aromatic carbocycles. The van der Waals surface area contributed by atoms with Crippen LogP contribution < -0.4 is 14.8 Å². The van der Waals surface area contributed by atoms with Crippen LogP contribution in [-0.2, 0) is 0 Å². The normalized spacial score (nSPS) is 25.2. The Labute approximate surface area is 119 Å². The van der Waals surface area contributed by atoms with Gasteiger partial charge in [0.15, 0.2) is 11.5 Å². The molecule has 0 heterocycles. The number of benzene rings is 1. The van der Waals surface area contributed by atoms with Crippen LogP contribution in [0.1, 0.15) is 30.7 Å². The van der Waals surface area contributed by atoms with Crippen molar-refractivity contribution in [3.8, 4) is 11.5 Å². The van der Waals surface area contributed by atoms with Crippen LogP contribution in [0.25, 0.3) is 0 Å². The van der Waals surface area contributed by atoms with Crippen molar-refractivity contribution in [2.75, 3.05) is 20.8 Å². The molecule has 0 aliphatic heterocycles. The van der Waals surface area contributed by atoms with E-state index >= 15 is 0 Å². The van der Waals surface area contributed by atoms with Gasteiger partial charge in [-0.3, -0.25) is 0 Å². The lowest BCUT2D eigenvalue weighted by Crippen LogP contribution is -2.19. The third-order valence-corrected chi connectivity index (χ3v) is 4.47. The fourth-order valence-electron chi connectivity index (χ4n) is 2.65. The molecule has 0 radical (unpaired) electrons. The predicted molar refractivity (Wildman–Crippen MR) is 76.4 cm³/mol. The zero-order chi connectivity index (χ0) is 13.4. The van der Waals surface area contributed by atoms with Crippen molar-refractivity contribution >= 4 is 11.6 Å². The summed E-state index contributed by atoms with van der Waals surface area (Å²) in [5.74, 6) is 2.64. The van der Waals surface area contributed by atoms with E-state index in [2.05, 4.69) is 11.4 Å². The Bertz CT molecular complexity index is 473. The Balaban J connectivity index is 1.71. The Hall–Kier alpha value is -0.930. The molecule has 1 aromatic rings. The van der Waals surface area contributed by atoms with Gasteiger partial charge in [0.1, 0.15) is 0 Å². The molecule has 0 amide bonds. The summed E-state index contributed by atoms with van der Waals surface area (Å²) in [5, 5.41) is 4.30. The average molecular weight is 282 g/mol. The van der Waals surface area contributed by atoms with Gasteiger partial charge in [0.25, 0.3) is 0 Å². The number of ether oxygens (including phenoxy) is 2. The number of hydrogen-bond acceptors (Lipinski definition) is 3. The molecule has 0 aromatic heterocycles. The predicted octanol–water partition coefficient (Wildman–Crippen LogP) is 3.21. The van der Waals surface area contributed by atoms with Crippen molar-refractivity contribution in [3.63, 3.8) is 0 Å². The lowest BCUT2D eigenvalue weighted by Gasteiger charge is -2.12. The van der Waals surface area contributed by atoms with Gasteiger partial charge in [-0.25, -0.2) is 0 Å². The number of nitrogens with one attached hydrogen (secondary N) is 1. The molecular formula is C15H20ClNO2. The van der Waals surface area contributed by atoms with E-state index in [0.29, 0.717) is 22.4 Å². The first-order valence-electron chi connectivity index (χ1n) is 6.88. The lowest BCUT2D eigenvalue weighted by molar-refractivity contribution is 0.354. The van der Waals surface area contributed by atoms with Gasteiger partial charge in [-0.15, -0.1) is 0 Å². The second kappa shape index (κ2) is 5.22. The van der Waals surface area contributed by atoms with Crippen LogP contribution in [0, 0.1) is 5.92 Å². The first kappa shape index (κ1) is 13.1. The van der Waals surface area contributed by atoms with Crippen molar-refractivity contribution in [2.45, 2.75) is 31.2 Å². The zero-order valence-corrected chi connectivity index (χ0v) is 12.2. The molecular weight excluding hydrogens is 262 g/mol. The van der Waals surface area contributed by atoms with Crippen LogP contribution in [0.3, 0.4) is 0 Å². The van der Waals surface area contributed by atoms with Gasteiger partial charge in [-0.2, -0.15) is 0 Å². The van der Waals surface area contributed by atoms with Crippen molar-refractivity contribution in [3.05, 3.63) is 22.7 Å². The van der Waals surface area contributed by atoms with Crippen molar-refractivity contribution in [1.29, 1.82) is 0 Å². The molecule has 0 saturated heterocycles. The summed E-state index contributed by atoms with van der Waals surface area (Å²) in [7, 11) is 3.26. The van der Waals surface area contributed by atoms with E-state index in [4.69, 9.17) is 21.1 Å². The Morgan fingerprint density at radius 2 is 2.05 bits per heavy atom. The van der Waals surface area contributed by atoms with E-state index in [1.165, 1.54) is 24.8 Å². The van der Waals surface area contributed by atoms with E-state index in [-0.39, 0.29) is 0 Å². The van der Waals surface area contributed by atoms with Gasteiger partial charge in [-0.05, 0) is 49.3 Å². The summed E-state index contributed by atoms with van der Waals surface area (Å²) < 4.78 is 10.6. The summed E-state index contributed by atoms with van der Waals surface area (Å²) >= 11 is 6.44. The second-order valence-corrected chi connectivity index (χ2v) is 5.87. The Kier molecular flexibility index (Phi) is 3.59. The van der Waals surface area contributed by atoms with Gasteiger partial charge in [0.05, 0.1) is 19.2 Å². The van der Waals surface area contributed by atoms with Crippen LogP contribution in [0.5, 0.6) is 11.5 Å². The highest BCUT2D eigenvalue weighted by Crippen LogP contribution is 2.52. The summed E-state index contributed by atoms with van der Waals surface area (Å²) in [6.45, 7) is 1.11. The van der Waals surface area contributed by atoms with E-state index in [0.717, 1.165) is 18.5 Å². The highest BCUT2D eigenvalue weighted by atomic mass is 35.5. The summed E-state index contributed by atoms with van der Waals surface area (Å²) in [6.07, 6.45) is 3.90. The smallest absolute Gasteiger partial charge is 0.179 e. The third kappa shape index (κ3) is 2.67. The molecule has 2 saturated carbocycles. The topological polar surface area (TPSA) is 30.5 Å². The van der Waals surface area contributed by atoms with Crippen LogP contribution in [-0.4, -0.2) is 26.8 Å². The molecule has 2 fully saturated rings. The average Bonchev–Trinajstić information content (AvgIpc) is 3.30. The summed E-state index contributed by atoms with van der Waals surface area (Å²) in [4.78, 5) is 0. The van der Waals surface area contributed by atoms with E-state index in [1.54, 1.807) is 14.2 Å². The summed E-state index contributed by atoms with van der Waals surface area (Å²) in [6, 6.07) is 4.80. The lowest BCUT2D eigenvalue weighted by atomic mass is 10.1. The molecule has 3 nitrogen and oxygen atoms in total. The quantitative estimate of drug-likeness (QED) is 0.868. The molecule has 2 unspecified atom stereocenters. The van der Waals surface area contributed by atoms with E-state index in [1.807, 2.05) is 6.07 Å². The van der Waals surface area contributed by atoms with Gasteiger partial charge >= 0.3 is 0 Å². The fraction of sp³-hybridized carbons (Fsp3) is 0.600. The number of halogens is 1. The highest BCUT2D eigenvalue weighted by molar-refractivity contribution is 6.33. The zero-order valence-electron chi connectivity index (χ0n) is 11.4. The minimum Gasteiger partial charge on any atom is -0.493 e. The Morgan fingerprint density at radius 1 is 1.26 bits per heavy atom. The minimum atomic E-state index is 0.568. The van der Waals surface area contributed by atoms with Gasteiger partial charge in [-0.1, -0.05) is 17.7 Å². The van der Waals surface area contributed by atoms with E-state index < -0.39 is 0 Å². The molecule has 4 heteroatoms. The van der Waals surface area contributed by atoms with Crippen LogP contribution in [0.15, 0.2) is 12.1 Å². The molecule has 2 atom stereocenters. The molecule has 2 aliphatic carbocycles. The third-order valence-electron chi connectivity index (χ3n) is 4.08. The number of methoxy groups -OCH3 is 2. The number of hydrogen-bond donors (Lipinski definition) is 1. The fourth-order valence-corrected chi connectivity index (χ4v) is 3.02. The molecule has 3 rings (SSSR count). The monoisotopic (exact) mass is 281 g/mol. The molecule has 104 valence electrons. The molecule has 0 bridgehead atoms. The molecule has 0 spiro atoms. The maximum absolute atomic E-state index is 6.44. The van der Waals surface area contributed by atoms with Gasteiger partial charge < -0.3 is 14.8 Å². The summed E-state index contributed by atoms with van der Waals surface area (Å²) in [5.41, 5.74) is 1.20. The van der Waals surface area contributed by atoms with Gasteiger partial charge in [0.2, 0.25) is 0 Å². The van der Waals surface area contributed by atoms with Crippen molar-refractivity contribution in [2.24, 2.45) is 5.92 Å². The first-order valence-corrected chi connectivity index (χ1v) is 7.26.